The molecule has 0 atom stereocenters. The lowest BCUT2D eigenvalue weighted by Gasteiger charge is -2.17. The van der Waals surface area contributed by atoms with Crippen LogP contribution in [0.1, 0.15) is 13.3 Å². The van der Waals surface area contributed by atoms with E-state index in [0.717, 1.165) is 0 Å². The lowest BCUT2D eigenvalue weighted by atomic mass is 10.3. The highest BCUT2D eigenvalue weighted by Crippen LogP contribution is 2.23. The van der Waals surface area contributed by atoms with E-state index >= 15 is 0 Å². The molecule has 0 aliphatic heterocycles. The van der Waals surface area contributed by atoms with Crippen molar-refractivity contribution in [3.63, 3.8) is 0 Å². The number of hydrogen-bond acceptors (Lipinski definition) is 4. The third-order valence-electron chi connectivity index (χ3n) is 2.53. The number of carbonyl (C=O) groups excluding carboxylic acids is 2. The lowest BCUT2D eigenvalue weighted by molar-refractivity contribution is -0.131. The van der Waals surface area contributed by atoms with Crippen molar-refractivity contribution in [2.45, 2.75) is 13.3 Å². The highest BCUT2D eigenvalue weighted by Gasteiger charge is 2.11. The van der Waals surface area contributed by atoms with Crippen LogP contribution >= 0.6 is 0 Å². The number of nitrogens with one attached hydrogen (secondary N) is 1. The van der Waals surface area contributed by atoms with E-state index in [0.29, 0.717) is 18.0 Å². The second-order valence-corrected chi connectivity index (χ2v) is 4.19. The molecule has 1 aromatic carbocycles. The van der Waals surface area contributed by atoms with Gasteiger partial charge in [-0.3, -0.25) is 9.59 Å². The first-order valence-electron chi connectivity index (χ1n) is 6.15. The molecular formula is C14H17N3O3. The highest BCUT2D eigenvalue weighted by atomic mass is 16.5. The lowest BCUT2D eigenvalue weighted by Crippen LogP contribution is -2.32. The molecule has 0 radical (unpaired) electrons. The molecule has 1 aromatic rings. The number of para-hydroxylation sites is 2. The van der Waals surface area contributed by atoms with Crippen LogP contribution in [0.5, 0.6) is 5.75 Å². The van der Waals surface area contributed by atoms with Crippen molar-refractivity contribution in [3.8, 4) is 11.8 Å². The summed E-state index contributed by atoms with van der Waals surface area (Å²) in [5.74, 6) is 0.00104. The van der Waals surface area contributed by atoms with E-state index in [-0.39, 0.29) is 24.8 Å². The van der Waals surface area contributed by atoms with Crippen LogP contribution in [-0.4, -0.2) is 36.9 Å². The van der Waals surface area contributed by atoms with Crippen LogP contribution in [0.2, 0.25) is 0 Å². The number of amides is 2. The maximum atomic E-state index is 11.8. The summed E-state index contributed by atoms with van der Waals surface area (Å²) in [6, 6.07) is 8.86. The molecule has 6 heteroatoms. The van der Waals surface area contributed by atoms with Gasteiger partial charge >= 0.3 is 0 Å². The van der Waals surface area contributed by atoms with E-state index in [4.69, 9.17) is 10.00 Å². The molecule has 0 saturated carbocycles. The predicted molar refractivity (Wildman–Crippen MR) is 74.1 cm³/mol. The van der Waals surface area contributed by atoms with Gasteiger partial charge in [0.25, 0.3) is 5.91 Å². The zero-order valence-corrected chi connectivity index (χ0v) is 11.5. The number of benzene rings is 1. The van der Waals surface area contributed by atoms with Crippen LogP contribution in [-0.2, 0) is 9.59 Å². The normalized spacial score (nSPS) is 9.45. The SMILES string of the molecule is CC(=O)Nc1ccccc1OCC(=O)N(C)CCC#N. The summed E-state index contributed by atoms with van der Waals surface area (Å²) in [5.41, 5.74) is 0.521. The van der Waals surface area contributed by atoms with Crippen molar-refractivity contribution in [2.24, 2.45) is 0 Å². The van der Waals surface area contributed by atoms with Gasteiger partial charge in [-0.05, 0) is 12.1 Å². The molecule has 0 aliphatic carbocycles. The first-order chi connectivity index (χ1) is 9.54. The van der Waals surface area contributed by atoms with Gasteiger partial charge in [-0.1, -0.05) is 12.1 Å². The molecular weight excluding hydrogens is 258 g/mol. The van der Waals surface area contributed by atoms with E-state index in [1.165, 1.54) is 11.8 Å². The van der Waals surface area contributed by atoms with Crippen molar-refractivity contribution in [1.29, 1.82) is 5.26 Å². The van der Waals surface area contributed by atoms with Gasteiger partial charge in [-0.2, -0.15) is 5.26 Å². The zero-order chi connectivity index (χ0) is 15.0. The molecule has 1 N–H and O–H groups in total. The minimum absolute atomic E-state index is 0.140. The third kappa shape index (κ3) is 4.98. The third-order valence-corrected chi connectivity index (χ3v) is 2.53. The Kier molecular flexibility index (Phi) is 6.04. The van der Waals surface area contributed by atoms with Crippen LogP contribution in [0.25, 0.3) is 0 Å². The summed E-state index contributed by atoms with van der Waals surface area (Å²) in [6.45, 7) is 1.63. The van der Waals surface area contributed by atoms with Crippen LogP contribution in [0.15, 0.2) is 24.3 Å². The molecule has 0 bridgehead atoms. The summed E-state index contributed by atoms with van der Waals surface area (Å²) in [6.07, 6.45) is 0.282. The van der Waals surface area contributed by atoms with Gasteiger partial charge in [0.15, 0.2) is 6.61 Å². The first-order valence-corrected chi connectivity index (χ1v) is 6.15. The van der Waals surface area contributed by atoms with Crippen molar-refractivity contribution in [2.75, 3.05) is 25.5 Å². The maximum absolute atomic E-state index is 11.8. The Bertz CT molecular complexity index is 523. The van der Waals surface area contributed by atoms with Gasteiger partial charge in [-0.25, -0.2) is 0 Å². The number of likely N-dealkylation sites (N-methyl/N-ethyl adjacent to an activating group) is 1. The Morgan fingerprint density at radius 2 is 2.10 bits per heavy atom. The fraction of sp³-hybridized carbons (Fsp3) is 0.357. The molecule has 106 valence electrons. The number of hydrogen-bond donors (Lipinski definition) is 1. The Morgan fingerprint density at radius 1 is 1.40 bits per heavy atom. The summed E-state index contributed by atoms with van der Waals surface area (Å²) in [7, 11) is 1.61. The van der Waals surface area contributed by atoms with Gasteiger partial charge in [0.1, 0.15) is 5.75 Å². The topological polar surface area (TPSA) is 82.4 Å². The standard InChI is InChI=1S/C14H17N3O3/c1-11(18)16-12-6-3-4-7-13(12)20-10-14(19)17(2)9-5-8-15/h3-4,6-7H,5,9-10H2,1-2H3,(H,16,18). The maximum Gasteiger partial charge on any atom is 0.260 e. The average molecular weight is 275 g/mol. The number of ether oxygens (including phenoxy) is 1. The Labute approximate surface area is 117 Å². The molecule has 2 amide bonds. The average Bonchev–Trinajstić information content (AvgIpc) is 2.42. The van der Waals surface area contributed by atoms with Gasteiger partial charge in [0.05, 0.1) is 18.2 Å². The number of nitrogens with zero attached hydrogens (tertiary/aromatic N) is 2. The molecule has 0 aromatic heterocycles. The van der Waals surface area contributed by atoms with Gasteiger partial charge < -0.3 is 15.0 Å². The summed E-state index contributed by atoms with van der Waals surface area (Å²) in [5, 5.41) is 11.1. The molecule has 1 rings (SSSR count). The Hall–Kier alpha value is -2.55. The van der Waals surface area contributed by atoms with Gasteiger partial charge in [0, 0.05) is 20.5 Å². The fourth-order valence-electron chi connectivity index (χ4n) is 1.48. The first kappa shape index (κ1) is 15.5. The summed E-state index contributed by atoms with van der Waals surface area (Å²) >= 11 is 0. The predicted octanol–water partition coefficient (Wildman–Crippen LogP) is 1.40. The van der Waals surface area contributed by atoms with E-state index in [1.807, 2.05) is 6.07 Å². The minimum Gasteiger partial charge on any atom is -0.482 e. The van der Waals surface area contributed by atoms with Gasteiger partial charge in [-0.15, -0.1) is 0 Å². The number of anilines is 1. The molecule has 0 spiro atoms. The molecule has 0 saturated heterocycles. The second kappa shape index (κ2) is 7.79. The van der Waals surface area contributed by atoms with E-state index in [2.05, 4.69) is 5.32 Å². The van der Waals surface area contributed by atoms with E-state index in [1.54, 1.807) is 31.3 Å². The molecule has 6 nitrogen and oxygen atoms in total. The summed E-state index contributed by atoms with van der Waals surface area (Å²) in [4.78, 5) is 24.3. The zero-order valence-electron chi connectivity index (χ0n) is 11.5. The van der Waals surface area contributed by atoms with Crippen molar-refractivity contribution < 1.29 is 14.3 Å². The minimum atomic E-state index is -0.224. The van der Waals surface area contributed by atoms with E-state index in [9.17, 15) is 9.59 Å². The van der Waals surface area contributed by atoms with E-state index < -0.39 is 0 Å². The van der Waals surface area contributed by atoms with Crippen molar-refractivity contribution >= 4 is 17.5 Å². The van der Waals surface area contributed by atoms with Crippen molar-refractivity contribution in [1.82, 2.24) is 4.90 Å². The Balaban J connectivity index is 2.59. The largest absolute Gasteiger partial charge is 0.482 e. The van der Waals surface area contributed by atoms with Crippen molar-refractivity contribution in [3.05, 3.63) is 24.3 Å². The van der Waals surface area contributed by atoms with Crippen LogP contribution < -0.4 is 10.1 Å². The molecule has 20 heavy (non-hydrogen) atoms. The van der Waals surface area contributed by atoms with Gasteiger partial charge in [0.2, 0.25) is 5.91 Å². The smallest absolute Gasteiger partial charge is 0.260 e. The van der Waals surface area contributed by atoms with Crippen LogP contribution in [0.3, 0.4) is 0 Å². The monoisotopic (exact) mass is 275 g/mol. The quantitative estimate of drug-likeness (QED) is 0.850. The number of nitriles is 1. The Morgan fingerprint density at radius 3 is 2.75 bits per heavy atom. The van der Waals surface area contributed by atoms with Crippen LogP contribution in [0.4, 0.5) is 5.69 Å². The second-order valence-electron chi connectivity index (χ2n) is 4.19. The van der Waals surface area contributed by atoms with Crippen LogP contribution in [0, 0.1) is 11.3 Å². The molecule has 0 aliphatic rings. The molecule has 0 unspecified atom stereocenters. The fourth-order valence-corrected chi connectivity index (χ4v) is 1.48. The number of rotatable bonds is 6. The highest BCUT2D eigenvalue weighted by molar-refractivity contribution is 5.90. The molecule has 0 fully saturated rings. The molecule has 0 heterocycles. The summed E-state index contributed by atoms with van der Waals surface area (Å²) < 4.78 is 5.41. The number of carbonyl (C=O) groups is 2.